The van der Waals surface area contributed by atoms with E-state index in [1.807, 2.05) is 14.0 Å². The van der Waals surface area contributed by atoms with Crippen molar-refractivity contribution in [3.05, 3.63) is 0 Å². The molecule has 20 heavy (non-hydrogen) atoms. The monoisotopic (exact) mass is 305 g/mol. The molecule has 118 valence electrons. The average molecular weight is 305 g/mol. The van der Waals surface area contributed by atoms with Crippen molar-refractivity contribution in [1.29, 1.82) is 0 Å². The Kier molecular flexibility index (Phi) is 7.47. The summed E-state index contributed by atoms with van der Waals surface area (Å²) in [5.41, 5.74) is 0. The summed E-state index contributed by atoms with van der Waals surface area (Å²) in [6, 6.07) is -0.508. The average Bonchev–Trinajstić information content (AvgIpc) is 2.91. The predicted molar refractivity (Wildman–Crippen MR) is 80.0 cm³/mol. The highest BCUT2D eigenvalue weighted by Crippen LogP contribution is 2.22. The number of unbranched alkanes of at least 4 members (excludes halogenated alkanes) is 1. The number of amides is 1. The fraction of sp³-hybridized carbons (Fsp3) is 0.923. The number of sulfonamides is 1. The fourth-order valence-electron chi connectivity index (χ4n) is 2.37. The number of hydrogen-bond acceptors (Lipinski definition) is 4. The number of carbonyl (C=O) groups excluding carboxylic acids is 1. The van der Waals surface area contributed by atoms with Crippen LogP contribution in [-0.4, -0.2) is 57.1 Å². The first-order chi connectivity index (χ1) is 9.53. The molecule has 1 rings (SSSR count). The van der Waals surface area contributed by atoms with Gasteiger partial charge < -0.3 is 10.6 Å². The summed E-state index contributed by atoms with van der Waals surface area (Å²) < 4.78 is 25.8. The van der Waals surface area contributed by atoms with E-state index >= 15 is 0 Å². The van der Waals surface area contributed by atoms with Gasteiger partial charge in [0.2, 0.25) is 15.9 Å². The molecule has 1 atom stereocenters. The Morgan fingerprint density at radius 1 is 1.30 bits per heavy atom. The lowest BCUT2D eigenvalue weighted by Crippen LogP contribution is -2.46. The van der Waals surface area contributed by atoms with Crippen LogP contribution in [0.15, 0.2) is 0 Å². The number of nitrogens with one attached hydrogen (secondary N) is 2. The molecule has 0 aromatic carbocycles. The third kappa shape index (κ3) is 5.03. The van der Waals surface area contributed by atoms with Crippen molar-refractivity contribution in [2.24, 2.45) is 0 Å². The Bertz CT molecular complexity index is 398. The van der Waals surface area contributed by atoms with Gasteiger partial charge in [-0.2, -0.15) is 4.31 Å². The minimum absolute atomic E-state index is 0.146. The smallest absolute Gasteiger partial charge is 0.238 e. The Balaban J connectivity index is 2.53. The first-order valence-electron chi connectivity index (χ1n) is 7.44. The van der Waals surface area contributed by atoms with E-state index in [2.05, 4.69) is 10.6 Å². The summed E-state index contributed by atoms with van der Waals surface area (Å²) in [5, 5.41) is 5.84. The van der Waals surface area contributed by atoms with Gasteiger partial charge in [-0.3, -0.25) is 4.79 Å². The van der Waals surface area contributed by atoms with E-state index in [9.17, 15) is 13.2 Å². The van der Waals surface area contributed by atoms with Gasteiger partial charge in [-0.25, -0.2) is 8.42 Å². The van der Waals surface area contributed by atoms with Crippen LogP contribution in [0.25, 0.3) is 0 Å². The second-order valence-corrected chi connectivity index (χ2v) is 7.23. The van der Waals surface area contributed by atoms with Crippen molar-refractivity contribution in [3.8, 4) is 0 Å². The highest BCUT2D eigenvalue weighted by molar-refractivity contribution is 7.89. The second kappa shape index (κ2) is 8.59. The van der Waals surface area contributed by atoms with Gasteiger partial charge in [0.05, 0.1) is 5.75 Å². The maximum atomic E-state index is 12.2. The van der Waals surface area contributed by atoms with Gasteiger partial charge in [0.1, 0.15) is 6.04 Å². The molecule has 1 aliphatic rings. The largest absolute Gasteiger partial charge is 0.355 e. The third-order valence-corrected chi connectivity index (χ3v) is 5.48. The molecule has 1 saturated heterocycles. The Morgan fingerprint density at radius 3 is 2.70 bits per heavy atom. The molecule has 0 radical (unpaired) electrons. The lowest BCUT2D eigenvalue weighted by molar-refractivity contribution is -0.124. The van der Waals surface area contributed by atoms with Crippen molar-refractivity contribution in [2.45, 2.75) is 45.1 Å². The van der Waals surface area contributed by atoms with Crippen molar-refractivity contribution in [1.82, 2.24) is 14.9 Å². The molecule has 6 nitrogen and oxygen atoms in total. The first kappa shape index (κ1) is 17.4. The van der Waals surface area contributed by atoms with Gasteiger partial charge in [0.15, 0.2) is 0 Å². The van der Waals surface area contributed by atoms with Gasteiger partial charge in [-0.15, -0.1) is 0 Å². The van der Waals surface area contributed by atoms with Crippen LogP contribution in [0, 0.1) is 0 Å². The molecule has 1 aliphatic heterocycles. The molecule has 1 fully saturated rings. The number of nitrogens with zero attached hydrogens (tertiary/aromatic N) is 1. The van der Waals surface area contributed by atoms with Crippen LogP contribution < -0.4 is 10.6 Å². The fourth-order valence-corrected chi connectivity index (χ4v) is 4.26. The second-order valence-electron chi connectivity index (χ2n) is 5.19. The van der Waals surface area contributed by atoms with Crippen LogP contribution in [0.5, 0.6) is 0 Å². The highest BCUT2D eigenvalue weighted by atomic mass is 32.2. The number of hydrogen-bond donors (Lipinski definition) is 2. The minimum Gasteiger partial charge on any atom is -0.355 e. The maximum absolute atomic E-state index is 12.2. The van der Waals surface area contributed by atoms with E-state index in [-0.39, 0.29) is 11.7 Å². The molecule has 1 unspecified atom stereocenters. The Labute approximate surface area is 122 Å². The molecule has 0 saturated carbocycles. The van der Waals surface area contributed by atoms with E-state index in [1.54, 1.807) is 0 Å². The lowest BCUT2D eigenvalue weighted by atomic mass is 10.2. The number of carbonyl (C=O) groups is 1. The van der Waals surface area contributed by atoms with E-state index < -0.39 is 16.1 Å². The predicted octanol–water partition coefficient (Wildman–Crippen LogP) is 0.306. The summed E-state index contributed by atoms with van der Waals surface area (Å²) in [6.07, 6.45) is 3.73. The summed E-state index contributed by atoms with van der Waals surface area (Å²) in [5.74, 6) is -0.00814. The zero-order chi connectivity index (χ0) is 15.0. The van der Waals surface area contributed by atoms with Crippen LogP contribution in [0.3, 0.4) is 0 Å². The maximum Gasteiger partial charge on any atom is 0.238 e. The SMILES string of the molecule is CCCCS(=O)(=O)N1CCCC1C(=O)NCCCNC. The van der Waals surface area contributed by atoms with Crippen molar-refractivity contribution >= 4 is 15.9 Å². The molecule has 2 N–H and O–H groups in total. The molecule has 0 aliphatic carbocycles. The molecule has 1 heterocycles. The third-order valence-electron chi connectivity index (χ3n) is 3.52. The van der Waals surface area contributed by atoms with E-state index in [4.69, 9.17) is 0 Å². The van der Waals surface area contributed by atoms with E-state index in [1.165, 1.54) is 4.31 Å². The summed E-state index contributed by atoms with van der Waals surface area (Å²) >= 11 is 0. The van der Waals surface area contributed by atoms with Crippen LogP contribution in [0.2, 0.25) is 0 Å². The van der Waals surface area contributed by atoms with Crippen LogP contribution >= 0.6 is 0 Å². The lowest BCUT2D eigenvalue weighted by Gasteiger charge is -2.23. The number of rotatable bonds is 9. The van der Waals surface area contributed by atoms with Crippen molar-refractivity contribution in [2.75, 3.05) is 32.4 Å². The summed E-state index contributed by atoms with van der Waals surface area (Å²) in [7, 11) is -1.43. The molecule has 0 bridgehead atoms. The first-order valence-corrected chi connectivity index (χ1v) is 9.05. The molecule has 0 aromatic rings. The van der Waals surface area contributed by atoms with Crippen molar-refractivity contribution < 1.29 is 13.2 Å². The molecule has 1 amide bonds. The summed E-state index contributed by atoms with van der Waals surface area (Å²) in [4.78, 5) is 12.1. The van der Waals surface area contributed by atoms with Gasteiger partial charge in [0.25, 0.3) is 0 Å². The van der Waals surface area contributed by atoms with Gasteiger partial charge in [0, 0.05) is 13.1 Å². The molecular formula is C13H27N3O3S. The van der Waals surface area contributed by atoms with Crippen LogP contribution in [0.1, 0.15) is 39.0 Å². The molecule has 7 heteroatoms. The van der Waals surface area contributed by atoms with Gasteiger partial charge in [-0.1, -0.05) is 13.3 Å². The van der Waals surface area contributed by atoms with Gasteiger partial charge in [-0.05, 0) is 39.3 Å². The van der Waals surface area contributed by atoms with Crippen LogP contribution in [0.4, 0.5) is 0 Å². The van der Waals surface area contributed by atoms with Crippen LogP contribution in [-0.2, 0) is 14.8 Å². The Hall–Kier alpha value is -0.660. The molecule has 0 aromatic heterocycles. The Morgan fingerprint density at radius 2 is 2.05 bits per heavy atom. The quantitative estimate of drug-likeness (QED) is 0.601. The van der Waals surface area contributed by atoms with E-state index in [0.29, 0.717) is 25.9 Å². The minimum atomic E-state index is -3.29. The van der Waals surface area contributed by atoms with Gasteiger partial charge >= 0.3 is 0 Å². The summed E-state index contributed by atoms with van der Waals surface area (Å²) in [6.45, 7) is 3.86. The topological polar surface area (TPSA) is 78.5 Å². The normalized spacial score (nSPS) is 20.2. The zero-order valence-corrected chi connectivity index (χ0v) is 13.3. The highest BCUT2D eigenvalue weighted by Gasteiger charge is 2.37. The molecular weight excluding hydrogens is 278 g/mol. The van der Waals surface area contributed by atoms with Crippen molar-refractivity contribution in [3.63, 3.8) is 0 Å². The standard InChI is InChI=1S/C13H27N3O3S/c1-3-4-11-20(18,19)16-10-5-7-12(16)13(17)15-9-6-8-14-2/h12,14H,3-11H2,1-2H3,(H,15,17). The zero-order valence-electron chi connectivity index (χ0n) is 12.5. The molecule has 0 spiro atoms. The van der Waals surface area contributed by atoms with E-state index in [0.717, 1.165) is 25.8 Å².